The molecule has 4 heteroatoms. The summed E-state index contributed by atoms with van der Waals surface area (Å²) in [5, 5.41) is 1.11. The maximum atomic E-state index is 6.14. The molecule has 3 aromatic rings. The van der Waals surface area contributed by atoms with Gasteiger partial charge in [0.05, 0.1) is 10.0 Å². The molecule has 1 atom stereocenters. The molecule has 21 heavy (non-hydrogen) atoms. The van der Waals surface area contributed by atoms with Crippen molar-refractivity contribution in [1.29, 1.82) is 0 Å². The highest BCUT2D eigenvalue weighted by molar-refractivity contribution is 9.11. The normalized spacial score (nSPS) is 17.6. The lowest BCUT2D eigenvalue weighted by Crippen LogP contribution is -1.91. The summed E-state index contributed by atoms with van der Waals surface area (Å²) >= 11 is 7.17. The van der Waals surface area contributed by atoms with Crippen LogP contribution in [0.3, 0.4) is 0 Å². The molecule has 0 saturated heterocycles. The van der Waals surface area contributed by atoms with Gasteiger partial charge in [0.2, 0.25) is 0 Å². The van der Waals surface area contributed by atoms with Gasteiger partial charge in [-0.15, -0.1) is 0 Å². The molecule has 0 radical (unpaired) electrons. The molecular weight excluding hydrogens is 396 g/mol. The average Bonchev–Trinajstić information content (AvgIpc) is 2.93. The first kappa shape index (κ1) is 13.6. The van der Waals surface area contributed by atoms with Gasteiger partial charge in [0.15, 0.2) is 0 Å². The van der Waals surface area contributed by atoms with Crippen molar-refractivity contribution >= 4 is 42.8 Å². The van der Waals surface area contributed by atoms with Gasteiger partial charge in [0, 0.05) is 21.8 Å². The van der Waals surface area contributed by atoms with Crippen molar-refractivity contribution in [3.8, 4) is 11.3 Å². The first-order valence-electron chi connectivity index (χ1n) is 7.05. The minimum Gasteiger partial charge on any atom is -0.461 e. The van der Waals surface area contributed by atoms with Crippen molar-refractivity contribution in [2.75, 3.05) is 0 Å². The Morgan fingerprint density at radius 2 is 1.95 bits per heavy atom. The Labute approximate surface area is 139 Å². The summed E-state index contributed by atoms with van der Waals surface area (Å²) in [6.07, 6.45) is 2.02. The molecule has 0 bridgehead atoms. The second-order valence-electron chi connectivity index (χ2n) is 5.75. The number of furan rings is 2. The summed E-state index contributed by atoms with van der Waals surface area (Å²) in [4.78, 5) is 0. The van der Waals surface area contributed by atoms with Crippen LogP contribution in [-0.4, -0.2) is 0 Å². The topological polar surface area (TPSA) is 26.3 Å². The molecule has 0 spiro atoms. The lowest BCUT2D eigenvalue weighted by molar-refractivity contribution is 0.525. The summed E-state index contributed by atoms with van der Waals surface area (Å²) in [6.45, 7) is 4.27. The molecule has 0 amide bonds. The van der Waals surface area contributed by atoms with Crippen molar-refractivity contribution in [2.45, 2.75) is 32.6 Å². The highest BCUT2D eigenvalue weighted by Gasteiger charge is 2.28. The number of benzene rings is 1. The van der Waals surface area contributed by atoms with Gasteiger partial charge in [-0.1, -0.05) is 22.9 Å². The number of hydrogen-bond donors (Lipinski definition) is 0. The van der Waals surface area contributed by atoms with Gasteiger partial charge in [-0.3, -0.25) is 0 Å². The van der Waals surface area contributed by atoms with Crippen LogP contribution in [0, 0.1) is 6.92 Å². The molecule has 0 aliphatic heterocycles. The van der Waals surface area contributed by atoms with Crippen LogP contribution in [0.5, 0.6) is 0 Å². The summed E-state index contributed by atoms with van der Waals surface area (Å²) in [7, 11) is 0. The number of rotatable bonds is 0. The van der Waals surface area contributed by atoms with Gasteiger partial charge in [-0.2, -0.15) is 0 Å². The Morgan fingerprint density at radius 3 is 2.76 bits per heavy atom. The Morgan fingerprint density at radius 1 is 1.14 bits per heavy atom. The zero-order valence-corrected chi connectivity index (χ0v) is 15.0. The van der Waals surface area contributed by atoms with Crippen LogP contribution in [0.25, 0.3) is 22.3 Å². The highest BCUT2D eigenvalue weighted by Crippen LogP contribution is 2.46. The van der Waals surface area contributed by atoms with Gasteiger partial charge in [-0.25, -0.2) is 0 Å². The molecule has 2 heterocycles. The maximum Gasteiger partial charge on any atom is 0.149 e. The molecule has 4 rings (SSSR count). The molecule has 108 valence electrons. The quantitative estimate of drug-likeness (QED) is 0.419. The van der Waals surface area contributed by atoms with Crippen LogP contribution >= 0.6 is 31.9 Å². The lowest BCUT2D eigenvalue weighted by Gasteiger charge is -2.06. The Hall–Kier alpha value is -1.000. The third kappa shape index (κ3) is 2.03. The molecule has 2 aromatic heterocycles. The molecule has 0 fully saturated rings. The van der Waals surface area contributed by atoms with Crippen LogP contribution < -0.4 is 0 Å². The van der Waals surface area contributed by atoms with E-state index >= 15 is 0 Å². The molecular formula is C17H14Br2O2. The SMILES string of the molecule is Cc1cc2c(o1)-c1c(oc3c(Br)cc(Br)cc13)CC[C@H]2C. The Balaban J connectivity index is 2.12. The summed E-state index contributed by atoms with van der Waals surface area (Å²) in [5.74, 6) is 3.47. The van der Waals surface area contributed by atoms with Crippen LogP contribution in [0.15, 0.2) is 36.0 Å². The van der Waals surface area contributed by atoms with E-state index in [2.05, 4.69) is 50.9 Å². The molecule has 0 saturated carbocycles. The summed E-state index contributed by atoms with van der Waals surface area (Å²) in [6, 6.07) is 6.29. The van der Waals surface area contributed by atoms with Crippen LogP contribution in [0.4, 0.5) is 0 Å². The fraction of sp³-hybridized carbons (Fsp3) is 0.294. The molecule has 0 N–H and O–H groups in total. The Bertz CT molecular complexity index is 857. The second kappa shape index (κ2) is 4.75. The van der Waals surface area contributed by atoms with Crippen LogP contribution in [0.2, 0.25) is 0 Å². The number of hydrogen-bond acceptors (Lipinski definition) is 2. The van der Waals surface area contributed by atoms with E-state index in [1.807, 2.05) is 13.0 Å². The fourth-order valence-electron chi connectivity index (χ4n) is 3.20. The maximum absolute atomic E-state index is 6.14. The number of aryl methyl sites for hydroxylation is 2. The number of fused-ring (bicyclic) bond motifs is 5. The minimum absolute atomic E-state index is 0.491. The predicted octanol–water partition coefficient (Wildman–Crippen LogP) is 6.58. The van der Waals surface area contributed by atoms with Crippen molar-refractivity contribution in [3.05, 3.63) is 44.2 Å². The fourth-order valence-corrected chi connectivity index (χ4v) is 4.50. The van der Waals surface area contributed by atoms with E-state index in [1.165, 1.54) is 5.56 Å². The van der Waals surface area contributed by atoms with E-state index in [0.29, 0.717) is 5.92 Å². The average molecular weight is 410 g/mol. The summed E-state index contributed by atoms with van der Waals surface area (Å²) in [5.41, 5.74) is 3.32. The van der Waals surface area contributed by atoms with Gasteiger partial charge >= 0.3 is 0 Å². The third-order valence-electron chi connectivity index (χ3n) is 4.23. The molecule has 1 aliphatic carbocycles. The van der Waals surface area contributed by atoms with Crippen molar-refractivity contribution in [3.63, 3.8) is 0 Å². The van der Waals surface area contributed by atoms with E-state index in [-0.39, 0.29) is 0 Å². The van der Waals surface area contributed by atoms with Crippen LogP contribution in [-0.2, 0) is 6.42 Å². The smallest absolute Gasteiger partial charge is 0.149 e. The lowest BCUT2D eigenvalue weighted by atomic mass is 9.98. The van der Waals surface area contributed by atoms with Crippen molar-refractivity contribution in [1.82, 2.24) is 0 Å². The standard InChI is InChI=1S/C17H14Br2O2/c1-8-3-4-14-15(17-11(8)5-9(2)20-17)12-6-10(18)7-13(19)16(12)21-14/h5-8H,3-4H2,1-2H3/t8-/m1/s1. The van der Waals surface area contributed by atoms with Gasteiger partial charge in [0.25, 0.3) is 0 Å². The van der Waals surface area contributed by atoms with E-state index < -0.39 is 0 Å². The predicted molar refractivity (Wildman–Crippen MR) is 90.8 cm³/mol. The van der Waals surface area contributed by atoms with Crippen LogP contribution in [0.1, 0.15) is 36.3 Å². The van der Waals surface area contributed by atoms with E-state index in [0.717, 1.165) is 55.6 Å². The zero-order chi connectivity index (χ0) is 14.7. The van der Waals surface area contributed by atoms with Gasteiger partial charge in [-0.05, 0) is 53.4 Å². The second-order valence-corrected chi connectivity index (χ2v) is 7.52. The molecule has 2 nitrogen and oxygen atoms in total. The molecule has 1 aromatic carbocycles. The minimum atomic E-state index is 0.491. The Kier molecular flexibility index (Phi) is 3.09. The molecule has 0 unspecified atom stereocenters. The van der Waals surface area contributed by atoms with Gasteiger partial charge in [0.1, 0.15) is 22.9 Å². The monoisotopic (exact) mass is 408 g/mol. The van der Waals surface area contributed by atoms with Crippen molar-refractivity contribution in [2.24, 2.45) is 0 Å². The van der Waals surface area contributed by atoms with Crippen molar-refractivity contribution < 1.29 is 8.83 Å². The molecule has 1 aliphatic rings. The van der Waals surface area contributed by atoms with E-state index in [1.54, 1.807) is 0 Å². The highest BCUT2D eigenvalue weighted by atomic mass is 79.9. The van der Waals surface area contributed by atoms with E-state index in [9.17, 15) is 0 Å². The zero-order valence-electron chi connectivity index (χ0n) is 11.8. The van der Waals surface area contributed by atoms with Gasteiger partial charge < -0.3 is 8.83 Å². The van der Waals surface area contributed by atoms with E-state index in [4.69, 9.17) is 8.83 Å². The first-order chi connectivity index (χ1) is 10.0. The largest absolute Gasteiger partial charge is 0.461 e. The summed E-state index contributed by atoms with van der Waals surface area (Å²) < 4.78 is 14.2. The third-order valence-corrected chi connectivity index (χ3v) is 5.28. The number of halogens is 2. The first-order valence-corrected chi connectivity index (χ1v) is 8.64.